The van der Waals surface area contributed by atoms with Gasteiger partial charge in [0.05, 0.1) is 31.0 Å². The average Bonchev–Trinajstić information content (AvgIpc) is 3.01. The Balaban J connectivity index is 0.00000461. The summed E-state index contributed by atoms with van der Waals surface area (Å²) in [5.74, 6) is -0.316. The summed E-state index contributed by atoms with van der Waals surface area (Å²) in [6.07, 6.45) is 2.67. The van der Waals surface area contributed by atoms with E-state index in [1.54, 1.807) is 48.5 Å². The Morgan fingerprint density at radius 2 is 0.844 bits per heavy atom. The van der Waals surface area contributed by atoms with Crippen LogP contribution < -0.4 is 0 Å². The Morgan fingerprint density at radius 1 is 0.511 bits per heavy atom. The maximum Gasteiger partial charge on any atom is 0.206 e. The third-order valence-electron chi connectivity index (χ3n) is 6.85. The molecule has 0 radical (unpaired) electrons. The fraction of sp³-hybridized carbons (Fsp3) is 0.0588. The number of nitrogens with zero attached hydrogens (tertiary/aromatic N) is 2. The summed E-state index contributed by atoms with van der Waals surface area (Å²) in [4.78, 5) is 9.14. The summed E-state index contributed by atoms with van der Waals surface area (Å²) in [5, 5.41) is 20.9. The van der Waals surface area contributed by atoms with Gasteiger partial charge in [-0.3, -0.25) is 9.98 Å². The zero-order valence-electron chi connectivity index (χ0n) is 24.1. The van der Waals surface area contributed by atoms with E-state index in [9.17, 15) is 27.0 Å². The smallest absolute Gasteiger partial charge is 0.206 e. The minimum absolute atomic E-state index is 0. The van der Waals surface area contributed by atoms with E-state index < -0.39 is 19.7 Å². The summed E-state index contributed by atoms with van der Waals surface area (Å²) in [6.45, 7) is 3.73. The fourth-order valence-corrected chi connectivity index (χ4v) is 6.87. The first-order valence-corrected chi connectivity index (χ1v) is 16.4. The molecule has 8 nitrogen and oxygen atoms in total. The number of aliphatic imine (C=N–C) groups is 2. The molecule has 0 heterocycles. The Labute approximate surface area is 276 Å². The van der Waals surface area contributed by atoms with Crippen molar-refractivity contribution in [1.82, 2.24) is 0 Å². The van der Waals surface area contributed by atoms with E-state index in [-0.39, 0.29) is 63.3 Å². The van der Waals surface area contributed by atoms with Crippen LogP contribution in [0.25, 0.3) is 0 Å². The summed E-state index contributed by atoms with van der Waals surface area (Å²) < 4.78 is 52.6. The second kappa shape index (κ2) is 13.7. The third-order valence-corrected chi connectivity index (χ3v) is 10.4. The molecule has 5 rings (SSSR count). The van der Waals surface area contributed by atoms with E-state index in [2.05, 4.69) is 9.98 Å². The number of aryl methyl sites for hydroxylation is 2. The van der Waals surface area contributed by atoms with Gasteiger partial charge in [-0.1, -0.05) is 47.5 Å². The van der Waals surface area contributed by atoms with Gasteiger partial charge >= 0.3 is 0 Å². The predicted octanol–water partition coefficient (Wildman–Crippen LogP) is 6.88. The van der Waals surface area contributed by atoms with Gasteiger partial charge < -0.3 is 10.2 Å². The minimum Gasteiger partial charge on any atom is -0.507 e. The molecule has 0 aliphatic carbocycles. The number of hydrogen-bond donors (Lipinski definition) is 2. The molecule has 0 saturated carbocycles. The van der Waals surface area contributed by atoms with Crippen molar-refractivity contribution in [1.29, 1.82) is 0 Å². The monoisotopic (exact) mass is 819 g/mol. The Morgan fingerprint density at radius 3 is 1.20 bits per heavy atom. The zero-order valence-corrected chi connectivity index (χ0v) is 28.0. The number of rotatable bonds is 8. The Kier molecular flexibility index (Phi) is 10.2. The normalized spacial score (nSPS) is 12.0. The van der Waals surface area contributed by atoms with Crippen molar-refractivity contribution in [3.63, 3.8) is 0 Å². The quantitative estimate of drug-likeness (QED) is 0.164. The Hall–Kier alpha value is -4.37. The van der Waals surface area contributed by atoms with Gasteiger partial charge in [-0.05, 0) is 86.6 Å². The summed E-state index contributed by atoms with van der Waals surface area (Å²) in [5.41, 5.74) is 3.00. The van der Waals surface area contributed by atoms with Crippen LogP contribution in [0, 0.1) is 13.8 Å². The molecule has 0 atom stereocenters. The van der Waals surface area contributed by atoms with Crippen molar-refractivity contribution < 1.29 is 48.1 Å². The number of benzene rings is 5. The summed E-state index contributed by atoms with van der Waals surface area (Å²) >= 11 is 0. The van der Waals surface area contributed by atoms with Gasteiger partial charge in [-0.15, -0.1) is 0 Å². The molecule has 45 heavy (non-hydrogen) atoms. The molecule has 0 spiro atoms. The third kappa shape index (κ3) is 7.48. The van der Waals surface area contributed by atoms with Gasteiger partial charge in [-0.2, -0.15) is 0 Å². The van der Waals surface area contributed by atoms with Crippen molar-refractivity contribution in [2.75, 3.05) is 0 Å². The maximum absolute atomic E-state index is 13.2. The van der Waals surface area contributed by atoms with E-state index in [0.717, 1.165) is 11.1 Å². The van der Waals surface area contributed by atoms with Gasteiger partial charge in [0.1, 0.15) is 11.5 Å². The molecule has 0 aromatic heterocycles. The van der Waals surface area contributed by atoms with E-state index in [1.165, 1.54) is 73.1 Å². The molecule has 5 aromatic carbocycles. The molecule has 0 unspecified atom stereocenters. The van der Waals surface area contributed by atoms with Crippen LogP contribution in [0.5, 0.6) is 11.5 Å². The number of phenols is 2. The second-order valence-electron chi connectivity index (χ2n) is 10.1. The van der Waals surface area contributed by atoms with Gasteiger partial charge in [0, 0.05) is 44.6 Å². The molecule has 2 N–H and O–H groups in total. The Bertz CT molecular complexity index is 1970. The number of aromatic hydroxyl groups is 2. The fourth-order valence-electron chi connectivity index (χ4n) is 4.27. The largest absolute Gasteiger partial charge is 0.507 e. The summed E-state index contributed by atoms with van der Waals surface area (Å²) in [6, 6.07) is 27.7. The van der Waals surface area contributed by atoms with Gasteiger partial charge in [0.2, 0.25) is 19.7 Å². The molecule has 0 saturated heterocycles. The number of hydrogen-bond acceptors (Lipinski definition) is 8. The van der Waals surface area contributed by atoms with Crippen molar-refractivity contribution >= 4 is 43.5 Å². The van der Waals surface area contributed by atoms with Crippen LogP contribution in [0.3, 0.4) is 0 Å². The van der Waals surface area contributed by atoms with E-state index in [0.29, 0.717) is 11.4 Å². The minimum atomic E-state index is -3.83. The first-order chi connectivity index (χ1) is 20.9. The molecule has 0 bridgehead atoms. The number of phenolic OH excluding ortho intramolecular Hbond substituents is 2. The molecule has 232 valence electrons. The van der Waals surface area contributed by atoms with Crippen LogP contribution in [0.15, 0.2) is 139 Å². The molecule has 11 heteroatoms. The number of para-hydroxylation sites is 2. The predicted molar refractivity (Wildman–Crippen MR) is 170 cm³/mol. The zero-order chi connectivity index (χ0) is 31.5. The van der Waals surface area contributed by atoms with Crippen LogP contribution in [0.2, 0.25) is 0 Å². The molecule has 0 fully saturated rings. The van der Waals surface area contributed by atoms with E-state index in [1.807, 2.05) is 13.8 Å². The molecule has 0 amide bonds. The number of sulfone groups is 2. The van der Waals surface area contributed by atoms with Crippen LogP contribution in [-0.4, -0.2) is 39.5 Å². The molecule has 5 aromatic rings. The van der Waals surface area contributed by atoms with Crippen LogP contribution in [0.4, 0.5) is 11.4 Å². The molecular weight excluding hydrogens is 792 g/mol. The van der Waals surface area contributed by atoms with Crippen molar-refractivity contribution in [3.05, 3.63) is 131 Å². The molecule has 0 aliphatic rings. The van der Waals surface area contributed by atoms with Gasteiger partial charge in [0.25, 0.3) is 0 Å². The molecule has 0 aliphatic heterocycles. The van der Waals surface area contributed by atoms with E-state index in [4.69, 9.17) is 0 Å². The van der Waals surface area contributed by atoms with Crippen molar-refractivity contribution in [2.45, 2.75) is 33.4 Å². The van der Waals surface area contributed by atoms with E-state index >= 15 is 0 Å². The SMILES string of the molecule is Cc1ccc(S(=O)(=O)c2ccc(O)c(C=Nc3ccccc3N=Cc3cc(S(=O)(=O)c4ccc(C)cc4)ccc3O)c2)cc1.[Pt]. The van der Waals surface area contributed by atoms with Gasteiger partial charge in [-0.25, -0.2) is 16.8 Å². The maximum atomic E-state index is 13.2. The van der Waals surface area contributed by atoms with Crippen LogP contribution in [0.1, 0.15) is 22.3 Å². The summed E-state index contributed by atoms with van der Waals surface area (Å²) in [7, 11) is -7.65. The van der Waals surface area contributed by atoms with Gasteiger partial charge in [0.15, 0.2) is 0 Å². The first kappa shape index (κ1) is 33.5. The van der Waals surface area contributed by atoms with Crippen molar-refractivity contribution in [2.24, 2.45) is 9.98 Å². The average molecular weight is 820 g/mol. The van der Waals surface area contributed by atoms with Crippen molar-refractivity contribution in [3.8, 4) is 11.5 Å². The van der Waals surface area contributed by atoms with Crippen LogP contribution >= 0.6 is 0 Å². The molecular formula is C34H28N2O6PtS2. The second-order valence-corrected chi connectivity index (χ2v) is 14.0. The topological polar surface area (TPSA) is 133 Å². The standard InChI is InChI=1S/C34H28N2O6S2.Pt/c1-23-7-11-27(12-8-23)43(39,40)29-15-17-33(37)25(19-29)21-35-31-5-3-4-6-32(31)36-22-26-20-30(16-18-34(26)38)44(41,42)28-13-9-24(2)10-14-28;/h3-22,37-38H,1-2H3;. The first-order valence-electron chi connectivity index (χ1n) is 13.4. The van der Waals surface area contributed by atoms with Crippen LogP contribution in [-0.2, 0) is 40.7 Å².